The third-order valence-electron chi connectivity index (χ3n) is 3.73. The molecule has 1 saturated heterocycles. The molecule has 1 aliphatic rings. The third-order valence-corrected chi connectivity index (χ3v) is 4.82. The number of aromatic nitrogens is 2. The first-order valence-electron chi connectivity index (χ1n) is 6.45. The Hall–Kier alpha value is -1.13. The van der Waals surface area contributed by atoms with Gasteiger partial charge in [-0.25, -0.2) is 4.98 Å². The zero-order chi connectivity index (χ0) is 12.4. The molecular formula is C14H18N2OS. The second-order valence-electron chi connectivity index (χ2n) is 4.87. The summed E-state index contributed by atoms with van der Waals surface area (Å²) >= 11 is 1.86. The number of nitrogens with zero attached hydrogens (tertiary/aromatic N) is 2. The number of hydrogen-bond acceptors (Lipinski definition) is 3. The van der Waals surface area contributed by atoms with Gasteiger partial charge in [-0.2, -0.15) is 0 Å². The predicted octanol–water partition coefficient (Wildman–Crippen LogP) is 3.27. The molecule has 0 radical (unpaired) electrons. The van der Waals surface area contributed by atoms with E-state index >= 15 is 0 Å². The number of ether oxygens (including phenoxy) is 1. The van der Waals surface area contributed by atoms with E-state index in [2.05, 4.69) is 34.1 Å². The van der Waals surface area contributed by atoms with Crippen LogP contribution in [-0.4, -0.2) is 22.8 Å². The van der Waals surface area contributed by atoms with Crippen LogP contribution < -0.4 is 0 Å². The largest absolute Gasteiger partial charge is 0.381 e. The lowest BCUT2D eigenvalue weighted by Crippen LogP contribution is -2.26. The van der Waals surface area contributed by atoms with E-state index < -0.39 is 0 Å². The average molecular weight is 262 g/mol. The van der Waals surface area contributed by atoms with E-state index in [-0.39, 0.29) is 0 Å². The van der Waals surface area contributed by atoms with Crippen molar-refractivity contribution in [1.29, 1.82) is 0 Å². The second kappa shape index (κ2) is 5.24. The maximum atomic E-state index is 5.49. The Kier molecular flexibility index (Phi) is 3.48. The van der Waals surface area contributed by atoms with E-state index in [4.69, 9.17) is 4.74 Å². The summed E-state index contributed by atoms with van der Waals surface area (Å²) in [4.78, 5) is 5.69. The minimum atomic E-state index is 0.427. The van der Waals surface area contributed by atoms with Crippen molar-refractivity contribution < 1.29 is 4.74 Å². The Morgan fingerprint density at radius 3 is 2.89 bits per heavy atom. The summed E-state index contributed by atoms with van der Waals surface area (Å²) in [5, 5.41) is 2.19. The highest BCUT2D eigenvalue weighted by atomic mass is 32.1. The van der Waals surface area contributed by atoms with E-state index in [0.29, 0.717) is 12.0 Å². The van der Waals surface area contributed by atoms with Gasteiger partial charge in [-0.05, 0) is 42.7 Å². The molecule has 0 bridgehead atoms. The minimum Gasteiger partial charge on any atom is -0.381 e. The molecule has 3 rings (SSSR count). The average Bonchev–Trinajstić information content (AvgIpc) is 3.05. The highest BCUT2D eigenvalue weighted by molar-refractivity contribution is 7.10. The lowest BCUT2D eigenvalue weighted by Gasteiger charge is -2.31. The summed E-state index contributed by atoms with van der Waals surface area (Å²) in [6, 6.07) is 2.64. The molecule has 0 amide bonds. The van der Waals surface area contributed by atoms with Crippen LogP contribution in [0.4, 0.5) is 0 Å². The molecule has 18 heavy (non-hydrogen) atoms. The van der Waals surface area contributed by atoms with Gasteiger partial charge in [0.25, 0.3) is 0 Å². The van der Waals surface area contributed by atoms with Crippen LogP contribution in [0, 0.1) is 12.8 Å². The van der Waals surface area contributed by atoms with E-state index in [9.17, 15) is 0 Å². The first-order chi connectivity index (χ1) is 8.86. The molecular weight excluding hydrogens is 244 g/mol. The molecule has 2 aromatic rings. The first-order valence-corrected chi connectivity index (χ1v) is 7.33. The van der Waals surface area contributed by atoms with Crippen LogP contribution in [-0.2, 0) is 4.74 Å². The lowest BCUT2D eigenvalue weighted by atomic mass is 9.89. The smallest absolute Gasteiger partial charge is 0.0952 e. The van der Waals surface area contributed by atoms with Crippen LogP contribution >= 0.6 is 11.3 Å². The van der Waals surface area contributed by atoms with E-state index in [0.717, 1.165) is 26.1 Å². The van der Waals surface area contributed by atoms with Crippen molar-refractivity contribution in [3.05, 3.63) is 40.6 Å². The van der Waals surface area contributed by atoms with Gasteiger partial charge >= 0.3 is 0 Å². The third kappa shape index (κ3) is 2.22. The monoisotopic (exact) mass is 262 g/mol. The van der Waals surface area contributed by atoms with Gasteiger partial charge in [-0.1, -0.05) is 0 Å². The van der Waals surface area contributed by atoms with Crippen molar-refractivity contribution in [3.63, 3.8) is 0 Å². The topological polar surface area (TPSA) is 27.1 Å². The zero-order valence-corrected chi connectivity index (χ0v) is 11.4. The van der Waals surface area contributed by atoms with Gasteiger partial charge in [0.15, 0.2) is 0 Å². The van der Waals surface area contributed by atoms with Gasteiger partial charge in [0, 0.05) is 30.5 Å². The molecule has 3 nitrogen and oxygen atoms in total. The van der Waals surface area contributed by atoms with Gasteiger partial charge in [0.2, 0.25) is 0 Å². The molecule has 2 aromatic heterocycles. The molecule has 1 aliphatic heterocycles. The van der Waals surface area contributed by atoms with E-state index in [1.807, 2.05) is 23.9 Å². The Morgan fingerprint density at radius 2 is 2.28 bits per heavy atom. The molecule has 1 fully saturated rings. The van der Waals surface area contributed by atoms with Gasteiger partial charge in [-0.15, -0.1) is 11.3 Å². The SMILES string of the molecule is Cc1ccsc1C(C1CCOCC1)n1ccnc1. The van der Waals surface area contributed by atoms with Gasteiger partial charge in [0.1, 0.15) is 0 Å². The van der Waals surface area contributed by atoms with Crippen molar-refractivity contribution in [2.75, 3.05) is 13.2 Å². The van der Waals surface area contributed by atoms with Crippen molar-refractivity contribution in [2.24, 2.45) is 5.92 Å². The number of hydrogen-bond donors (Lipinski definition) is 0. The molecule has 0 aliphatic carbocycles. The van der Waals surface area contributed by atoms with E-state index in [1.54, 1.807) is 0 Å². The van der Waals surface area contributed by atoms with Crippen molar-refractivity contribution in [3.8, 4) is 0 Å². The molecule has 1 atom stereocenters. The normalized spacial score (nSPS) is 18.9. The summed E-state index contributed by atoms with van der Waals surface area (Å²) in [6.45, 7) is 3.98. The van der Waals surface area contributed by atoms with Crippen LogP contribution in [0.5, 0.6) is 0 Å². The van der Waals surface area contributed by atoms with Crippen LogP contribution in [0.3, 0.4) is 0 Å². The Labute approximate surface area is 111 Å². The van der Waals surface area contributed by atoms with Crippen LogP contribution in [0.25, 0.3) is 0 Å². The predicted molar refractivity (Wildman–Crippen MR) is 73.0 cm³/mol. The maximum absolute atomic E-state index is 5.49. The fourth-order valence-corrected chi connectivity index (χ4v) is 3.87. The van der Waals surface area contributed by atoms with Crippen molar-refractivity contribution in [1.82, 2.24) is 9.55 Å². The van der Waals surface area contributed by atoms with Crippen LogP contribution in [0.2, 0.25) is 0 Å². The van der Waals surface area contributed by atoms with Gasteiger partial charge in [0.05, 0.1) is 12.4 Å². The summed E-state index contributed by atoms with van der Waals surface area (Å²) in [6.07, 6.45) is 8.17. The Balaban J connectivity index is 1.96. The summed E-state index contributed by atoms with van der Waals surface area (Å²) < 4.78 is 7.75. The maximum Gasteiger partial charge on any atom is 0.0952 e. The molecule has 96 valence electrons. The number of rotatable bonds is 3. The van der Waals surface area contributed by atoms with E-state index in [1.165, 1.54) is 10.4 Å². The standard InChI is InChI=1S/C14H18N2OS/c1-11-4-9-18-14(11)13(16-6-5-15-10-16)12-2-7-17-8-3-12/h4-6,9-10,12-13H,2-3,7-8H2,1H3. The molecule has 0 saturated carbocycles. The minimum absolute atomic E-state index is 0.427. The summed E-state index contributed by atoms with van der Waals surface area (Å²) in [5.41, 5.74) is 1.39. The molecule has 0 N–H and O–H groups in total. The van der Waals surface area contributed by atoms with Crippen molar-refractivity contribution >= 4 is 11.3 Å². The highest BCUT2D eigenvalue weighted by Crippen LogP contribution is 2.37. The Bertz CT molecular complexity index is 486. The van der Waals surface area contributed by atoms with Crippen molar-refractivity contribution in [2.45, 2.75) is 25.8 Å². The van der Waals surface area contributed by atoms with Gasteiger partial charge in [-0.3, -0.25) is 0 Å². The molecule has 0 aromatic carbocycles. The quantitative estimate of drug-likeness (QED) is 0.849. The van der Waals surface area contributed by atoms with Gasteiger partial charge < -0.3 is 9.30 Å². The first kappa shape index (κ1) is 11.9. The van der Waals surface area contributed by atoms with Crippen LogP contribution in [0.1, 0.15) is 29.3 Å². The lowest BCUT2D eigenvalue weighted by molar-refractivity contribution is 0.0546. The highest BCUT2D eigenvalue weighted by Gasteiger charge is 2.28. The molecule has 1 unspecified atom stereocenters. The number of thiophene rings is 1. The number of aryl methyl sites for hydroxylation is 1. The molecule has 3 heterocycles. The summed E-state index contributed by atoms with van der Waals surface area (Å²) in [7, 11) is 0. The number of imidazole rings is 1. The zero-order valence-electron chi connectivity index (χ0n) is 10.6. The fourth-order valence-electron chi connectivity index (χ4n) is 2.75. The molecule has 0 spiro atoms. The molecule has 4 heteroatoms. The fraction of sp³-hybridized carbons (Fsp3) is 0.500. The second-order valence-corrected chi connectivity index (χ2v) is 5.82. The summed E-state index contributed by atoms with van der Waals surface area (Å²) in [5.74, 6) is 0.658. The van der Waals surface area contributed by atoms with Crippen LogP contribution in [0.15, 0.2) is 30.2 Å². The Morgan fingerprint density at radius 1 is 1.44 bits per heavy atom.